The van der Waals surface area contributed by atoms with Crippen LogP contribution in [-0.2, 0) is 16.0 Å². The number of amides is 2. The molecule has 2 aliphatic rings. The number of carbonyl (C=O) groups excluding carboxylic acids is 2. The summed E-state index contributed by atoms with van der Waals surface area (Å²) in [4.78, 5) is 36.0. The van der Waals surface area contributed by atoms with Crippen molar-refractivity contribution < 1.29 is 14.3 Å². The van der Waals surface area contributed by atoms with Gasteiger partial charge >= 0.3 is 0 Å². The van der Waals surface area contributed by atoms with Gasteiger partial charge in [0.1, 0.15) is 5.75 Å². The van der Waals surface area contributed by atoms with Gasteiger partial charge < -0.3 is 9.64 Å². The number of hydrogen-bond acceptors (Lipinski definition) is 6. The predicted molar refractivity (Wildman–Crippen MR) is 133 cm³/mol. The van der Waals surface area contributed by atoms with Gasteiger partial charge in [-0.05, 0) is 54.8 Å². The summed E-state index contributed by atoms with van der Waals surface area (Å²) < 4.78 is 5.79. The molecule has 34 heavy (non-hydrogen) atoms. The molecule has 0 N–H and O–H groups in total. The lowest BCUT2D eigenvalue weighted by Crippen LogP contribution is -2.52. The van der Waals surface area contributed by atoms with Gasteiger partial charge in [0.15, 0.2) is 0 Å². The average Bonchev–Trinajstić information content (AvgIpc) is 3.17. The van der Waals surface area contributed by atoms with Gasteiger partial charge in [0.05, 0.1) is 24.8 Å². The molecule has 1 aromatic carbocycles. The fourth-order valence-electron chi connectivity index (χ4n) is 4.72. The largest absolute Gasteiger partial charge is 0.494 e. The first-order valence-electron chi connectivity index (χ1n) is 12.6. The van der Waals surface area contributed by atoms with Gasteiger partial charge in [-0.3, -0.25) is 19.5 Å². The van der Waals surface area contributed by atoms with Crippen molar-refractivity contribution in [2.75, 3.05) is 44.2 Å². The summed E-state index contributed by atoms with van der Waals surface area (Å²) in [6.45, 7) is 7.31. The normalized spacial score (nSPS) is 19.7. The highest BCUT2D eigenvalue weighted by atomic mass is 16.5. The van der Waals surface area contributed by atoms with Crippen LogP contribution in [-0.4, -0.2) is 72.0 Å². The topological polar surface area (TPSA) is 66.0 Å². The Labute approximate surface area is 202 Å². The van der Waals surface area contributed by atoms with E-state index in [2.05, 4.69) is 33.8 Å². The second-order valence-corrected chi connectivity index (χ2v) is 9.17. The van der Waals surface area contributed by atoms with Gasteiger partial charge in [0.25, 0.3) is 5.91 Å². The highest BCUT2D eigenvalue weighted by Crippen LogP contribution is 2.28. The number of rotatable bonds is 11. The molecule has 3 heterocycles. The molecule has 2 amide bonds. The third-order valence-corrected chi connectivity index (χ3v) is 6.80. The Morgan fingerprint density at radius 3 is 2.38 bits per heavy atom. The molecule has 7 heteroatoms. The first-order valence-corrected chi connectivity index (χ1v) is 12.6. The zero-order valence-corrected chi connectivity index (χ0v) is 20.2. The second-order valence-electron chi connectivity index (χ2n) is 9.17. The Kier molecular flexibility index (Phi) is 8.66. The first kappa shape index (κ1) is 24.4. The minimum atomic E-state index is -0.357. The monoisotopic (exact) mass is 464 g/mol. The molecule has 2 saturated heterocycles. The lowest BCUT2D eigenvalue weighted by molar-refractivity contribution is -0.123. The standard InChI is InChI=1S/C27H36N4O3/c1-2-3-4-5-20-34-24-8-6-23(7-9-24)31-26(32)21-25(27(31)33)30-18-16-29(17-19-30)15-12-22-10-13-28-14-11-22/h6-11,13-14,25H,2-5,12,15-21H2,1H3. The van der Waals surface area contributed by atoms with Gasteiger partial charge in [-0.15, -0.1) is 0 Å². The lowest BCUT2D eigenvalue weighted by atomic mass is 10.1. The van der Waals surface area contributed by atoms with Gasteiger partial charge in [0, 0.05) is 45.1 Å². The summed E-state index contributed by atoms with van der Waals surface area (Å²) in [7, 11) is 0. The smallest absolute Gasteiger partial charge is 0.251 e. The van der Waals surface area contributed by atoms with Crippen molar-refractivity contribution in [1.29, 1.82) is 0 Å². The minimum Gasteiger partial charge on any atom is -0.494 e. The SMILES string of the molecule is CCCCCCOc1ccc(N2C(=O)CC(N3CCN(CCc4ccncc4)CC3)C2=O)cc1. The number of ether oxygens (including phenoxy) is 1. The summed E-state index contributed by atoms with van der Waals surface area (Å²) >= 11 is 0. The van der Waals surface area contributed by atoms with Crippen molar-refractivity contribution in [3.05, 3.63) is 54.4 Å². The van der Waals surface area contributed by atoms with Gasteiger partial charge in [-0.25, -0.2) is 4.90 Å². The molecule has 0 radical (unpaired) electrons. The van der Waals surface area contributed by atoms with Gasteiger partial charge in [-0.2, -0.15) is 0 Å². The molecular weight excluding hydrogens is 428 g/mol. The van der Waals surface area contributed by atoms with Crippen LogP contribution in [0.25, 0.3) is 0 Å². The number of benzene rings is 1. The molecule has 1 aromatic heterocycles. The number of anilines is 1. The average molecular weight is 465 g/mol. The summed E-state index contributed by atoms with van der Waals surface area (Å²) in [5, 5.41) is 0. The van der Waals surface area contributed by atoms with Crippen LogP contribution >= 0.6 is 0 Å². The maximum Gasteiger partial charge on any atom is 0.251 e. The zero-order valence-electron chi connectivity index (χ0n) is 20.2. The van der Waals surface area contributed by atoms with Crippen LogP contribution in [0.4, 0.5) is 5.69 Å². The van der Waals surface area contributed by atoms with E-state index in [4.69, 9.17) is 4.74 Å². The van der Waals surface area contributed by atoms with E-state index in [1.165, 1.54) is 29.7 Å². The van der Waals surface area contributed by atoms with Crippen LogP contribution in [0.5, 0.6) is 5.75 Å². The van der Waals surface area contributed by atoms with E-state index < -0.39 is 0 Å². The maximum atomic E-state index is 13.2. The van der Waals surface area contributed by atoms with E-state index in [1.807, 2.05) is 36.7 Å². The zero-order chi connectivity index (χ0) is 23.8. The predicted octanol–water partition coefficient (Wildman–Crippen LogP) is 3.53. The van der Waals surface area contributed by atoms with Crippen LogP contribution in [0, 0.1) is 0 Å². The van der Waals surface area contributed by atoms with E-state index in [0.717, 1.165) is 51.3 Å². The van der Waals surface area contributed by atoms with E-state index in [9.17, 15) is 9.59 Å². The molecule has 1 unspecified atom stereocenters. The van der Waals surface area contributed by atoms with Crippen molar-refractivity contribution in [3.8, 4) is 5.75 Å². The minimum absolute atomic E-state index is 0.108. The third kappa shape index (κ3) is 6.21. The Balaban J connectivity index is 1.26. The van der Waals surface area contributed by atoms with Gasteiger partial charge in [0.2, 0.25) is 5.91 Å². The number of unbranched alkanes of at least 4 members (excludes halogenated alkanes) is 3. The number of carbonyl (C=O) groups is 2. The van der Waals surface area contributed by atoms with E-state index in [-0.39, 0.29) is 24.3 Å². The number of aromatic nitrogens is 1. The molecule has 1 atom stereocenters. The highest BCUT2D eigenvalue weighted by Gasteiger charge is 2.43. The Morgan fingerprint density at radius 2 is 1.68 bits per heavy atom. The molecule has 2 fully saturated rings. The number of piperazine rings is 1. The first-order chi connectivity index (χ1) is 16.7. The summed E-state index contributed by atoms with van der Waals surface area (Å²) in [6, 6.07) is 11.1. The van der Waals surface area contributed by atoms with E-state index in [1.54, 1.807) is 0 Å². The molecule has 4 rings (SSSR count). The third-order valence-electron chi connectivity index (χ3n) is 6.80. The van der Waals surface area contributed by atoms with Crippen molar-refractivity contribution in [3.63, 3.8) is 0 Å². The van der Waals surface area contributed by atoms with Crippen molar-refractivity contribution in [2.24, 2.45) is 0 Å². The Morgan fingerprint density at radius 1 is 0.941 bits per heavy atom. The Hall–Kier alpha value is -2.77. The van der Waals surface area contributed by atoms with E-state index >= 15 is 0 Å². The van der Waals surface area contributed by atoms with Crippen molar-refractivity contribution >= 4 is 17.5 Å². The maximum absolute atomic E-state index is 13.2. The van der Waals surface area contributed by atoms with Crippen LogP contribution in [0.2, 0.25) is 0 Å². The second kappa shape index (κ2) is 12.1. The number of hydrogen-bond donors (Lipinski definition) is 0. The van der Waals surface area contributed by atoms with E-state index in [0.29, 0.717) is 12.3 Å². The van der Waals surface area contributed by atoms with Crippen molar-refractivity contribution in [1.82, 2.24) is 14.8 Å². The molecule has 0 aliphatic carbocycles. The Bertz CT molecular complexity index is 927. The molecule has 0 spiro atoms. The molecule has 7 nitrogen and oxygen atoms in total. The highest BCUT2D eigenvalue weighted by molar-refractivity contribution is 6.22. The molecule has 182 valence electrons. The van der Waals surface area contributed by atoms with Crippen LogP contribution in [0.15, 0.2) is 48.8 Å². The van der Waals surface area contributed by atoms with Crippen LogP contribution in [0.3, 0.4) is 0 Å². The van der Waals surface area contributed by atoms with Crippen LogP contribution < -0.4 is 9.64 Å². The lowest BCUT2D eigenvalue weighted by Gasteiger charge is -2.37. The number of pyridine rings is 1. The molecule has 2 aliphatic heterocycles. The summed E-state index contributed by atoms with van der Waals surface area (Å²) in [6.07, 6.45) is 9.55. The van der Waals surface area contributed by atoms with Crippen molar-refractivity contribution in [2.45, 2.75) is 51.5 Å². The summed E-state index contributed by atoms with van der Waals surface area (Å²) in [5.74, 6) is 0.547. The molecular formula is C27H36N4O3. The number of imide groups is 1. The molecule has 0 saturated carbocycles. The van der Waals surface area contributed by atoms with Gasteiger partial charge in [-0.1, -0.05) is 26.2 Å². The fourth-order valence-corrected chi connectivity index (χ4v) is 4.72. The summed E-state index contributed by atoms with van der Waals surface area (Å²) in [5.41, 5.74) is 1.92. The quantitative estimate of drug-likeness (QED) is 0.374. The molecule has 2 aromatic rings. The fraction of sp³-hybridized carbons (Fsp3) is 0.519. The van der Waals surface area contributed by atoms with Crippen LogP contribution in [0.1, 0.15) is 44.6 Å². The molecule has 0 bridgehead atoms. The number of nitrogens with zero attached hydrogens (tertiary/aromatic N) is 4.